The third-order valence-electron chi connectivity index (χ3n) is 4.33. The van der Waals surface area contributed by atoms with Crippen LogP contribution in [0.3, 0.4) is 0 Å². The Bertz CT molecular complexity index is 563. The van der Waals surface area contributed by atoms with Crippen LogP contribution in [-0.4, -0.2) is 43.1 Å². The molecule has 2 rings (SSSR count). The first-order valence-corrected chi connectivity index (χ1v) is 9.14. The summed E-state index contributed by atoms with van der Waals surface area (Å²) in [4.78, 5) is 26.0. The van der Waals surface area contributed by atoms with Gasteiger partial charge in [0.2, 0.25) is 5.91 Å². The quantitative estimate of drug-likeness (QED) is 0.859. The van der Waals surface area contributed by atoms with Crippen LogP contribution < -0.4 is 10.6 Å². The molecule has 0 unspecified atom stereocenters. The van der Waals surface area contributed by atoms with Gasteiger partial charge in [-0.1, -0.05) is 24.3 Å². The summed E-state index contributed by atoms with van der Waals surface area (Å²) >= 11 is 0. The lowest BCUT2D eigenvalue weighted by Gasteiger charge is -2.24. The van der Waals surface area contributed by atoms with Crippen molar-refractivity contribution in [2.45, 2.75) is 45.8 Å². The fourth-order valence-electron chi connectivity index (χ4n) is 2.84. The number of carbonyl (C=O) groups excluding carboxylic acids is 2. The molecule has 1 aromatic carbocycles. The minimum atomic E-state index is -0.111. The molecular formula is C19H29N3O3. The fourth-order valence-corrected chi connectivity index (χ4v) is 2.84. The molecule has 3 amide bonds. The second kappa shape index (κ2) is 10.7. The Morgan fingerprint density at radius 1 is 1.20 bits per heavy atom. The smallest absolute Gasteiger partial charge is 0.317 e. The van der Waals surface area contributed by atoms with Crippen molar-refractivity contribution in [1.29, 1.82) is 0 Å². The Kier molecular flexibility index (Phi) is 8.25. The number of hydrogen-bond acceptors (Lipinski definition) is 3. The summed E-state index contributed by atoms with van der Waals surface area (Å²) in [7, 11) is 0. The first-order chi connectivity index (χ1) is 12.2. The Morgan fingerprint density at radius 2 is 2.00 bits per heavy atom. The average molecular weight is 347 g/mol. The second-order valence-corrected chi connectivity index (χ2v) is 6.21. The molecule has 1 fully saturated rings. The van der Waals surface area contributed by atoms with Crippen LogP contribution in [0.2, 0.25) is 0 Å². The van der Waals surface area contributed by atoms with E-state index >= 15 is 0 Å². The first kappa shape index (κ1) is 19.2. The summed E-state index contributed by atoms with van der Waals surface area (Å²) in [5.41, 5.74) is 2.15. The van der Waals surface area contributed by atoms with Crippen molar-refractivity contribution in [2.24, 2.45) is 0 Å². The van der Waals surface area contributed by atoms with Gasteiger partial charge < -0.3 is 20.3 Å². The van der Waals surface area contributed by atoms with Crippen LogP contribution in [0.5, 0.6) is 0 Å². The topological polar surface area (TPSA) is 70.7 Å². The number of rotatable bonds is 5. The minimum Gasteiger partial charge on any atom is -0.377 e. The van der Waals surface area contributed by atoms with E-state index in [1.165, 1.54) is 0 Å². The standard InChI is InChI=1S/C19H29N3O3/c1-2-25-15-17-9-5-4-8-16(17)14-21-19(24)22-12-7-3-6-11-20-18(23)10-13-22/h4-5,8-9H,2-3,6-7,10-15H2,1H3,(H,20,23)(H,21,24). The van der Waals surface area contributed by atoms with E-state index in [1.807, 2.05) is 31.2 Å². The SMILES string of the molecule is CCOCc1ccccc1CNC(=O)N1CCCCCNC(=O)CC1. The average Bonchev–Trinajstić information content (AvgIpc) is 2.64. The maximum Gasteiger partial charge on any atom is 0.317 e. The molecule has 0 saturated carbocycles. The number of nitrogens with zero attached hydrogens (tertiary/aromatic N) is 1. The van der Waals surface area contributed by atoms with Crippen LogP contribution in [0.15, 0.2) is 24.3 Å². The third-order valence-corrected chi connectivity index (χ3v) is 4.33. The largest absolute Gasteiger partial charge is 0.377 e. The van der Waals surface area contributed by atoms with Gasteiger partial charge in [0.25, 0.3) is 0 Å². The molecule has 2 N–H and O–H groups in total. The number of nitrogens with one attached hydrogen (secondary N) is 2. The van der Waals surface area contributed by atoms with Crippen molar-refractivity contribution in [2.75, 3.05) is 26.2 Å². The minimum absolute atomic E-state index is 0.0155. The van der Waals surface area contributed by atoms with Crippen LogP contribution in [-0.2, 0) is 22.7 Å². The molecule has 1 saturated heterocycles. The van der Waals surface area contributed by atoms with E-state index in [-0.39, 0.29) is 11.9 Å². The van der Waals surface area contributed by atoms with E-state index in [1.54, 1.807) is 4.90 Å². The number of amides is 3. The molecule has 1 aliphatic heterocycles. The summed E-state index contributed by atoms with van der Waals surface area (Å²) < 4.78 is 5.48. The van der Waals surface area contributed by atoms with Crippen LogP contribution in [0.1, 0.15) is 43.7 Å². The number of carbonyl (C=O) groups is 2. The molecule has 25 heavy (non-hydrogen) atoms. The van der Waals surface area contributed by atoms with Gasteiger partial charge in [-0.15, -0.1) is 0 Å². The lowest BCUT2D eigenvalue weighted by atomic mass is 10.1. The van der Waals surface area contributed by atoms with Crippen molar-refractivity contribution in [3.63, 3.8) is 0 Å². The molecule has 1 heterocycles. The number of hydrogen-bond donors (Lipinski definition) is 2. The molecule has 6 heteroatoms. The predicted octanol–water partition coefficient (Wildman–Crippen LogP) is 2.42. The Labute approximate surface area is 149 Å². The summed E-state index contributed by atoms with van der Waals surface area (Å²) in [5.74, 6) is 0.0155. The zero-order valence-electron chi connectivity index (χ0n) is 15.1. The van der Waals surface area contributed by atoms with E-state index < -0.39 is 0 Å². The molecule has 0 bridgehead atoms. The van der Waals surface area contributed by atoms with Gasteiger partial charge in [-0.05, 0) is 37.3 Å². The van der Waals surface area contributed by atoms with Gasteiger partial charge in [-0.25, -0.2) is 4.79 Å². The molecule has 0 atom stereocenters. The Morgan fingerprint density at radius 3 is 2.80 bits per heavy atom. The van der Waals surface area contributed by atoms with Crippen LogP contribution in [0.4, 0.5) is 4.79 Å². The van der Waals surface area contributed by atoms with Gasteiger partial charge in [0, 0.05) is 39.2 Å². The van der Waals surface area contributed by atoms with Crippen molar-refractivity contribution in [3.8, 4) is 0 Å². The van der Waals surface area contributed by atoms with Gasteiger partial charge in [0.1, 0.15) is 0 Å². The van der Waals surface area contributed by atoms with Crippen LogP contribution in [0.25, 0.3) is 0 Å². The van der Waals surface area contributed by atoms with Crippen molar-refractivity contribution < 1.29 is 14.3 Å². The van der Waals surface area contributed by atoms with E-state index in [4.69, 9.17) is 4.74 Å². The van der Waals surface area contributed by atoms with E-state index in [0.717, 1.165) is 36.9 Å². The monoisotopic (exact) mass is 347 g/mol. The molecule has 1 aliphatic rings. The second-order valence-electron chi connectivity index (χ2n) is 6.21. The van der Waals surface area contributed by atoms with E-state index in [9.17, 15) is 9.59 Å². The van der Waals surface area contributed by atoms with Crippen molar-refractivity contribution >= 4 is 11.9 Å². The van der Waals surface area contributed by atoms with Gasteiger partial charge in [0.05, 0.1) is 6.61 Å². The summed E-state index contributed by atoms with van der Waals surface area (Å²) in [6.07, 6.45) is 3.30. The molecule has 0 radical (unpaired) electrons. The molecule has 1 aromatic rings. The highest BCUT2D eigenvalue weighted by molar-refractivity contribution is 5.78. The summed E-state index contributed by atoms with van der Waals surface area (Å²) in [5, 5.41) is 5.87. The summed E-state index contributed by atoms with van der Waals surface area (Å²) in [6.45, 7) is 5.53. The lowest BCUT2D eigenvalue weighted by Crippen LogP contribution is -2.42. The fraction of sp³-hybridized carbons (Fsp3) is 0.579. The first-order valence-electron chi connectivity index (χ1n) is 9.14. The molecule has 0 aromatic heterocycles. The number of urea groups is 1. The zero-order valence-corrected chi connectivity index (χ0v) is 15.1. The highest BCUT2D eigenvalue weighted by Gasteiger charge is 2.16. The zero-order chi connectivity index (χ0) is 17.9. The van der Waals surface area contributed by atoms with E-state index in [2.05, 4.69) is 10.6 Å². The summed E-state index contributed by atoms with van der Waals surface area (Å²) in [6, 6.07) is 7.85. The van der Waals surface area contributed by atoms with Gasteiger partial charge in [-0.3, -0.25) is 4.79 Å². The van der Waals surface area contributed by atoms with Crippen molar-refractivity contribution in [1.82, 2.24) is 15.5 Å². The molecule has 0 aliphatic carbocycles. The molecule has 6 nitrogen and oxygen atoms in total. The molecule has 138 valence electrons. The maximum atomic E-state index is 12.5. The van der Waals surface area contributed by atoms with E-state index in [0.29, 0.717) is 39.3 Å². The Hall–Kier alpha value is -2.08. The highest BCUT2D eigenvalue weighted by atomic mass is 16.5. The van der Waals surface area contributed by atoms with Gasteiger partial charge >= 0.3 is 6.03 Å². The van der Waals surface area contributed by atoms with Crippen LogP contribution in [0, 0.1) is 0 Å². The molecular weight excluding hydrogens is 318 g/mol. The number of benzene rings is 1. The van der Waals surface area contributed by atoms with Crippen LogP contribution >= 0.6 is 0 Å². The normalized spacial score (nSPS) is 16.2. The lowest BCUT2D eigenvalue weighted by molar-refractivity contribution is -0.121. The number of ether oxygens (including phenoxy) is 1. The molecule has 0 spiro atoms. The maximum absolute atomic E-state index is 12.5. The third kappa shape index (κ3) is 6.74. The van der Waals surface area contributed by atoms with Gasteiger partial charge in [0.15, 0.2) is 0 Å². The Balaban J connectivity index is 1.90. The predicted molar refractivity (Wildman–Crippen MR) is 97.1 cm³/mol. The van der Waals surface area contributed by atoms with Gasteiger partial charge in [-0.2, -0.15) is 0 Å². The van der Waals surface area contributed by atoms with Crippen molar-refractivity contribution in [3.05, 3.63) is 35.4 Å². The highest BCUT2D eigenvalue weighted by Crippen LogP contribution is 2.10.